The van der Waals surface area contributed by atoms with Crippen molar-refractivity contribution in [2.75, 3.05) is 18.1 Å². The molecule has 1 aliphatic rings. The predicted molar refractivity (Wildman–Crippen MR) is 64.8 cm³/mol. The topological polar surface area (TPSA) is 40.2 Å². The lowest BCUT2D eigenvalue weighted by Crippen LogP contribution is -2.08. The average Bonchev–Trinajstić information content (AvgIpc) is 2.56. The lowest BCUT2D eigenvalue weighted by molar-refractivity contribution is 0.234. The van der Waals surface area contributed by atoms with E-state index in [4.69, 9.17) is 10.5 Å². The minimum atomic E-state index is 0.610. The number of thioether (sulfide) groups is 1. The molecular formula is C11H14N2OS. The van der Waals surface area contributed by atoms with Crippen LogP contribution in [0.1, 0.15) is 5.56 Å². The van der Waals surface area contributed by atoms with Crippen LogP contribution in [0.15, 0.2) is 30.0 Å². The largest absolute Gasteiger partial charge is 0.500 e. The number of nitrogens with two attached hydrogens (primary N) is 1. The summed E-state index contributed by atoms with van der Waals surface area (Å²) in [7, 11) is 0. The highest BCUT2D eigenvalue weighted by molar-refractivity contribution is 7.99. The van der Waals surface area contributed by atoms with Crippen molar-refractivity contribution < 1.29 is 4.74 Å². The van der Waals surface area contributed by atoms with E-state index >= 15 is 0 Å². The van der Waals surface area contributed by atoms with Crippen molar-refractivity contribution in [1.29, 1.82) is 0 Å². The summed E-state index contributed by atoms with van der Waals surface area (Å²) in [6.45, 7) is 4.89. The molecule has 0 aliphatic carbocycles. The van der Waals surface area contributed by atoms with Crippen LogP contribution in [-0.4, -0.2) is 16.9 Å². The average molecular weight is 222 g/mol. The van der Waals surface area contributed by atoms with E-state index in [-0.39, 0.29) is 0 Å². The van der Waals surface area contributed by atoms with Gasteiger partial charge in [0.2, 0.25) is 0 Å². The number of aromatic nitrogens is 1. The third-order valence-corrected chi connectivity index (χ3v) is 3.36. The molecule has 1 aliphatic heterocycles. The molecule has 2 rings (SSSR count). The predicted octanol–water partition coefficient (Wildman–Crippen LogP) is 2.35. The van der Waals surface area contributed by atoms with Gasteiger partial charge in [0, 0.05) is 11.3 Å². The summed E-state index contributed by atoms with van der Waals surface area (Å²) in [6.07, 6.45) is 5.73. The SMILES string of the molecule is C=COCCn1c(N)cc2c1SCC=C2. The van der Waals surface area contributed by atoms with E-state index in [0.29, 0.717) is 6.61 Å². The summed E-state index contributed by atoms with van der Waals surface area (Å²) >= 11 is 1.81. The molecule has 0 spiro atoms. The quantitative estimate of drug-likeness (QED) is 0.628. The van der Waals surface area contributed by atoms with Gasteiger partial charge in [-0.15, -0.1) is 11.8 Å². The highest BCUT2D eigenvalue weighted by Crippen LogP contribution is 2.32. The molecule has 0 saturated heterocycles. The van der Waals surface area contributed by atoms with E-state index in [1.165, 1.54) is 16.9 Å². The third-order valence-electron chi connectivity index (χ3n) is 2.27. The molecule has 0 bridgehead atoms. The summed E-state index contributed by atoms with van der Waals surface area (Å²) in [4.78, 5) is 0. The first-order valence-electron chi connectivity index (χ1n) is 4.84. The van der Waals surface area contributed by atoms with Gasteiger partial charge in [0.25, 0.3) is 0 Å². The zero-order chi connectivity index (χ0) is 10.7. The summed E-state index contributed by atoms with van der Waals surface area (Å²) in [6, 6.07) is 2.01. The van der Waals surface area contributed by atoms with Gasteiger partial charge >= 0.3 is 0 Å². The normalized spacial score (nSPS) is 13.6. The smallest absolute Gasteiger partial charge is 0.105 e. The maximum absolute atomic E-state index is 5.94. The zero-order valence-electron chi connectivity index (χ0n) is 8.48. The van der Waals surface area contributed by atoms with Gasteiger partial charge in [-0.1, -0.05) is 18.7 Å². The van der Waals surface area contributed by atoms with E-state index in [1.54, 1.807) is 0 Å². The third kappa shape index (κ3) is 2.04. The van der Waals surface area contributed by atoms with Crippen molar-refractivity contribution in [2.24, 2.45) is 0 Å². The lowest BCUT2D eigenvalue weighted by Gasteiger charge is -2.12. The minimum absolute atomic E-state index is 0.610. The molecule has 0 radical (unpaired) electrons. The molecule has 15 heavy (non-hydrogen) atoms. The molecule has 0 fully saturated rings. The Morgan fingerprint density at radius 2 is 2.53 bits per heavy atom. The second kappa shape index (κ2) is 4.49. The van der Waals surface area contributed by atoms with Gasteiger partial charge in [-0.2, -0.15) is 0 Å². The van der Waals surface area contributed by atoms with E-state index in [2.05, 4.69) is 23.3 Å². The maximum atomic E-state index is 5.94. The summed E-state index contributed by atoms with van der Waals surface area (Å²) < 4.78 is 7.20. The lowest BCUT2D eigenvalue weighted by atomic mass is 10.3. The Bertz CT molecular complexity index is 396. The van der Waals surface area contributed by atoms with Crippen LogP contribution in [0, 0.1) is 0 Å². The Hall–Kier alpha value is -1.29. The van der Waals surface area contributed by atoms with Crippen LogP contribution in [0.4, 0.5) is 5.82 Å². The van der Waals surface area contributed by atoms with Gasteiger partial charge in [-0.3, -0.25) is 0 Å². The van der Waals surface area contributed by atoms with E-state index in [1.807, 2.05) is 17.8 Å². The van der Waals surface area contributed by atoms with Crippen LogP contribution in [-0.2, 0) is 11.3 Å². The molecule has 0 amide bonds. The van der Waals surface area contributed by atoms with Crippen LogP contribution in [0.3, 0.4) is 0 Å². The number of hydrogen-bond acceptors (Lipinski definition) is 3. The van der Waals surface area contributed by atoms with Crippen molar-refractivity contribution in [3.8, 4) is 0 Å². The summed E-state index contributed by atoms with van der Waals surface area (Å²) in [5.41, 5.74) is 7.15. The Labute approximate surface area is 93.6 Å². The van der Waals surface area contributed by atoms with E-state index < -0.39 is 0 Å². The second-order valence-electron chi connectivity index (χ2n) is 3.23. The minimum Gasteiger partial charge on any atom is -0.500 e. The highest BCUT2D eigenvalue weighted by atomic mass is 32.2. The van der Waals surface area contributed by atoms with Crippen molar-refractivity contribution in [2.45, 2.75) is 11.6 Å². The first-order valence-corrected chi connectivity index (χ1v) is 5.82. The van der Waals surface area contributed by atoms with Crippen molar-refractivity contribution in [3.63, 3.8) is 0 Å². The molecule has 1 aromatic rings. The number of hydrogen-bond donors (Lipinski definition) is 1. The van der Waals surface area contributed by atoms with E-state index in [9.17, 15) is 0 Å². The number of nitrogen functional groups attached to an aromatic ring is 1. The van der Waals surface area contributed by atoms with Crippen LogP contribution >= 0.6 is 11.8 Å². The fourth-order valence-corrected chi connectivity index (χ4v) is 2.61. The molecule has 3 nitrogen and oxygen atoms in total. The van der Waals surface area contributed by atoms with Gasteiger partial charge in [-0.05, 0) is 6.07 Å². The zero-order valence-corrected chi connectivity index (χ0v) is 9.30. The van der Waals surface area contributed by atoms with Crippen molar-refractivity contribution >= 4 is 23.7 Å². The summed E-state index contributed by atoms with van der Waals surface area (Å²) in [5.74, 6) is 1.81. The fraction of sp³-hybridized carbons (Fsp3) is 0.273. The number of anilines is 1. The van der Waals surface area contributed by atoms with Crippen molar-refractivity contribution in [1.82, 2.24) is 4.57 Å². The monoisotopic (exact) mass is 222 g/mol. The van der Waals surface area contributed by atoms with Crippen LogP contribution in [0.5, 0.6) is 0 Å². The fourth-order valence-electron chi connectivity index (χ4n) is 1.61. The van der Waals surface area contributed by atoms with Gasteiger partial charge in [-0.25, -0.2) is 0 Å². The molecule has 0 unspecified atom stereocenters. The number of nitrogens with zero attached hydrogens (tertiary/aromatic N) is 1. The number of ether oxygens (including phenoxy) is 1. The molecule has 0 aromatic carbocycles. The summed E-state index contributed by atoms with van der Waals surface area (Å²) in [5, 5.41) is 1.24. The number of fused-ring (bicyclic) bond motifs is 1. The molecule has 2 heterocycles. The molecule has 0 atom stereocenters. The maximum Gasteiger partial charge on any atom is 0.105 e. The second-order valence-corrected chi connectivity index (χ2v) is 4.24. The Morgan fingerprint density at radius 1 is 1.67 bits per heavy atom. The van der Waals surface area contributed by atoms with E-state index in [0.717, 1.165) is 18.1 Å². The van der Waals surface area contributed by atoms with Crippen LogP contribution < -0.4 is 5.73 Å². The Balaban J connectivity index is 2.18. The standard InChI is InChI=1S/C11H14N2OS/c1-2-14-6-5-13-10(12)8-9-4-3-7-15-11(9)13/h2-4,8H,1,5-7,12H2. The molecule has 2 N–H and O–H groups in total. The molecule has 1 aromatic heterocycles. The first kappa shape index (κ1) is 10.2. The molecular weight excluding hydrogens is 208 g/mol. The van der Waals surface area contributed by atoms with Gasteiger partial charge in [0.1, 0.15) is 12.4 Å². The van der Waals surface area contributed by atoms with Gasteiger partial charge < -0.3 is 15.0 Å². The highest BCUT2D eigenvalue weighted by Gasteiger charge is 2.13. The van der Waals surface area contributed by atoms with Gasteiger partial charge in [0.15, 0.2) is 0 Å². The number of rotatable bonds is 4. The Morgan fingerprint density at radius 3 is 3.33 bits per heavy atom. The Kier molecular flexibility index (Phi) is 3.06. The molecule has 0 saturated carbocycles. The van der Waals surface area contributed by atoms with Crippen LogP contribution in [0.2, 0.25) is 0 Å². The van der Waals surface area contributed by atoms with Crippen LogP contribution in [0.25, 0.3) is 6.08 Å². The molecule has 80 valence electrons. The van der Waals surface area contributed by atoms with Gasteiger partial charge in [0.05, 0.1) is 17.8 Å². The molecule has 4 heteroatoms. The first-order chi connectivity index (χ1) is 7.33. The van der Waals surface area contributed by atoms with Crippen molar-refractivity contribution in [3.05, 3.63) is 30.5 Å².